The van der Waals surface area contributed by atoms with Gasteiger partial charge in [-0.25, -0.2) is 8.42 Å². The molecule has 31 heavy (non-hydrogen) atoms. The lowest BCUT2D eigenvalue weighted by Gasteiger charge is -2.13. The highest BCUT2D eigenvalue weighted by molar-refractivity contribution is 7.92. The number of aryl methyl sites for hydroxylation is 1. The summed E-state index contributed by atoms with van der Waals surface area (Å²) >= 11 is 5.58. The minimum atomic E-state index is -4.69. The van der Waals surface area contributed by atoms with Crippen molar-refractivity contribution in [3.63, 3.8) is 0 Å². The zero-order chi connectivity index (χ0) is 22.8. The third-order valence-corrected chi connectivity index (χ3v) is 6.15. The summed E-state index contributed by atoms with van der Waals surface area (Å²) in [6.07, 6.45) is -4.69. The van der Waals surface area contributed by atoms with Gasteiger partial charge in [-0.15, -0.1) is 0 Å². The number of anilines is 2. The summed E-state index contributed by atoms with van der Waals surface area (Å²) in [6.45, 7) is 1.57. The maximum atomic E-state index is 13.0. The molecule has 0 atom stereocenters. The predicted octanol–water partition coefficient (Wildman–Crippen LogP) is 5.72. The molecule has 2 N–H and O–H groups in total. The van der Waals surface area contributed by atoms with Gasteiger partial charge in [0.15, 0.2) is 0 Å². The third kappa shape index (κ3) is 5.36. The Morgan fingerprint density at radius 2 is 1.61 bits per heavy atom. The van der Waals surface area contributed by atoms with Crippen LogP contribution in [0.2, 0.25) is 5.02 Å². The SMILES string of the molecule is Cc1ccc(C(=O)Nc2ccc(Cl)c(C(F)(F)F)c2)cc1S(=O)(=O)Nc1ccccc1. The summed E-state index contributed by atoms with van der Waals surface area (Å²) in [7, 11) is -4.00. The largest absolute Gasteiger partial charge is 0.417 e. The molecule has 0 spiro atoms. The van der Waals surface area contributed by atoms with E-state index in [1.54, 1.807) is 37.3 Å². The number of carbonyl (C=O) groups excluding carboxylic acids is 1. The Bertz CT molecular complexity index is 1230. The van der Waals surface area contributed by atoms with Gasteiger partial charge in [-0.05, 0) is 55.0 Å². The first-order chi connectivity index (χ1) is 14.5. The number of nitrogens with one attached hydrogen (secondary N) is 2. The molecule has 0 aliphatic heterocycles. The fraction of sp³-hybridized carbons (Fsp3) is 0.0952. The zero-order valence-electron chi connectivity index (χ0n) is 16.0. The van der Waals surface area contributed by atoms with Crippen LogP contribution in [0.3, 0.4) is 0 Å². The highest BCUT2D eigenvalue weighted by Crippen LogP contribution is 2.36. The van der Waals surface area contributed by atoms with E-state index in [4.69, 9.17) is 11.6 Å². The Labute approximate surface area is 181 Å². The molecule has 10 heteroatoms. The third-order valence-electron chi connectivity index (χ3n) is 4.30. The molecule has 5 nitrogen and oxygen atoms in total. The molecule has 0 aliphatic rings. The van der Waals surface area contributed by atoms with Gasteiger partial charge in [-0.2, -0.15) is 13.2 Å². The first kappa shape index (κ1) is 22.6. The molecule has 0 radical (unpaired) electrons. The molecule has 0 heterocycles. The predicted molar refractivity (Wildman–Crippen MR) is 113 cm³/mol. The van der Waals surface area contributed by atoms with Gasteiger partial charge in [0.25, 0.3) is 15.9 Å². The molecule has 0 bridgehead atoms. The van der Waals surface area contributed by atoms with Gasteiger partial charge in [-0.1, -0.05) is 35.9 Å². The number of alkyl halides is 3. The van der Waals surface area contributed by atoms with Gasteiger partial charge in [-0.3, -0.25) is 9.52 Å². The fourth-order valence-electron chi connectivity index (χ4n) is 2.77. The van der Waals surface area contributed by atoms with Crippen LogP contribution in [-0.4, -0.2) is 14.3 Å². The molecule has 0 aliphatic carbocycles. The van der Waals surface area contributed by atoms with E-state index in [-0.39, 0.29) is 16.1 Å². The van der Waals surface area contributed by atoms with Crippen LogP contribution < -0.4 is 10.0 Å². The van der Waals surface area contributed by atoms with E-state index in [1.807, 2.05) is 0 Å². The van der Waals surface area contributed by atoms with E-state index < -0.39 is 32.7 Å². The summed E-state index contributed by atoms with van der Waals surface area (Å²) in [5, 5.41) is 1.83. The maximum Gasteiger partial charge on any atom is 0.417 e. The highest BCUT2D eigenvalue weighted by atomic mass is 35.5. The molecular weight excluding hydrogens is 453 g/mol. The van der Waals surface area contributed by atoms with Crippen molar-refractivity contribution in [1.82, 2.24) is 0 Å². The molecule has 0 unspecified atom stereocenters. The lowest BCUT2D eigenvalue weighted by atomic mass is 10.1. The van der Waals surface area contributed by atoms with Crippen molar-refractivity contribution in [2.45, 2.75) is 18.0 Å². The standard InChI is InChI=1S/C21H16ClF3N2O3S/c1-13-7-8-14(11-19(13)31(29,30)27-15-5-3-2-4-6-15)20(28)26-16-9-10-18(22)17(12-16)21(23,24)25/h2-12,27H,1H3,(H,26,28). The van der Waals surface area contributed by atoms with Crippen LogP contribution in [0.25, 0.3) is 0 Å². The number of benzene rings is 3. The molecule has 3 aromatic carbocycles. The molecule has 162 valence electrons. The Hall–Kier alpha value is -3.04. The van der Waals surface area contributed by atoms with E-state index in [1.165, 1.54) is 18.2 Å². The molecule has 0 aromatic heterocycles. The number of hydrogen-bond donors (Lipinski definition) is 2. The van der Waals surface area contributed by atoms with E-state index in [9.17, 15) is 26.4 Å². The van der Waals surface area contributed by atoms with Gasteiger partial charge in [0.2, 0.25) is 0 Å². The Balaban J connectivity index is 1.89. The minimum absolute atomic E-state index is 0.0393. The van der Waals surface area contributed by atoms with Crippen LogP contribution in [-0.2, 0) is 16.2 Å². The normalized spacial score (nSPS) is 11.8. The second-order valence-corrected chi connectivity index (χ2v) is 8.66. The topological polar surface area (TPSA) is 75.3 Å². The summed E-state index contributed by atoms with van der Waals surface area (Å²) < 4.78 is 67.0. The maximum absolute atomic E-state index is 13.0. The van der Waals surface area contributed by atoms with Crippen LogP contribution >= 0.6 is 11.6 Å². The van der Waals surface area contributed by atoms with Gasteiger partial charge in [0.05, 0.1) is 15.5 Å². The number of amides is 1. The lowest BCUT2D eigenvalue weighted by Crippen LogP contribution is -2.17. The fourth-order valence-corrected chi connectivity index (χ4v) is 4.33. The van der Waals surface area contributed by atoms with Gasteiger partial charge in [0, 0.05) is 16.9 Å². The summed E-state index contributed by atoms with van der Waals surface area (Å²) in [6, 6.07) is 15.1. The number of rotatable bonds is 5. The van der Waals surface area contributed by atoms with Crippen molar-refractivity contribution in [3.05, 3.63) is 88.4 Å². The molecule has 3 aromatic rings. The molecule has 0 fully saturated rings. The first-order valence-corrected chi connectivity index (χ1v) is 10.7. The van der Waals surface area contributed by atoms with Gasteiger partial charge in [0.1, 0.15) is 0 Å². The van der Waals surface area contributed by atoms with Crippen LogP contribution in [0.1, 0.15) is 21.5 Å². The quantitative estimate of drug-likeness (QED) is 0.503. The van der Waals surface area contributed by atoms with Crippen LogP contribution in [0.5, 0.6) is 0 Å². The van der Waals surface area contributed by atoms with Crippen molar-refractivity contribution < 1.29 is 26.4 Å². The van der Waals surface area contributed by atoms with E-state index in [0.29, 0.717) is 17.3 Å². The van der Waals surface area contributed by atoms with Crippen LogP contribution in [0.15, 0.2) is 71.6 Å². The molecule has 0 saturated heterocycles. The number of carbonyl (C=O) groups is 1. The zero-order valence-corrected chi connectivity index (χ0v) is 17.6. The summed E-state index contributed by atoms with van der Waals surface area (Å²) in [4.78, 5) is 12.4. The molecular formula is C21H16ClF3N2O3S. The van der Waals surface area contributed by atoms with Crippen molar-refractivity contribution in [2.24, 2.45) is 0 Å². The number of halogens is 4. The summed E-state index contributed by atoms with van der Waals surface area (Å²) in [5.41, 5.74) is -0.522. The molecule has 1 amide bonds. The van der Waals surface area contributed by atoms with Crippen molar-refractivity contribution in [3.8, 4) is 0 Å². The van der Waals surface area contributed by atoms with Crippen LogP contribution in [0.4, 0.5) is 24.5 Å². The first-order valence-electron chi connectivity index (χ1n) is 8.84. The van der Waals surface area contributed by atoms with Crippen molar-refractivity contribution in [2.75, 3.05) is 10.0 Å². The van der Waals surface area contributed by atoms with E-state index in [0.717, 1.165) is 12.1 Å². The van der Waals surface area contributed by atoms with Gasteiger partial charge >= 0.3 is 6.18 Å². The minimum Gasteiger partial charge on any atom is -0.322 e. The van der Waals surface area contributed by atoms with E-state index in [2.05, 4.69) is 10.0 Å². The Kier molecular flexibility index (Phi) is 6.28. The van der Waals surface area contributed by atoms with Crippen molar-refractivity contribution >= 4 is 38.9 Å². The molecule has 0 saturated carbocycles. The average molecular weight is 469 g/mol. The smallest absolute Gasteiger partial charge is 0.322 e. The van der Waals surface area contributed by atoms with E-state index >= 15 is 0 Å². The van der Waals surface area contributed by atoms with Crippen LogP contribution in [0, 0.1) is 6.92 Å². The Morgan fingerprint density at radius 3 is 2.26 bits per heavy atom. The monoisotopic (exact) mass is 468 g/mol. The second kappa shape index (κ2) is 8.60. The summed E-state index contributed by atoms with van der Waals surface area (Å²) in [5.74, 6) is -0.772. The number of para-hydroxylation sites is 1. The average Bonchev–Trinajstić information content (AvgIpc) is 2.69. The lowest BCUT2D eigenvalue weighted by molar-refractivity contribution is -0.137. The second-order valence-electron chi connectivity index (χ2n) is 6.60. The Morgan fingerprint density at radius 1 is 0.935 bits per heavy atom. The highest BCUT2D eigenvalue weighted by Gasteiger charge is 2.33. The molecule has 3 rings (SSSR count). The van der Waals surface area contributed by atoms with Crippen molar-refractivity contribution in [1.29, 1.82) is 0 Å². The number of sulfonamides is 1. The van der Waals surface area contributed by atoms with Gasteiger partial charge < -0.3 is 5.32 Å². The number of hydrogen-bond acceptors (Lipinski definition) is 3.